The Bertz CT molecular complexity index is 1590. The molecule has 8 nitrogen and oxygen atoms in total. The van der Waals surface area contributed by atoms with Gasteiger partial charge in [0.2, 0.25) is 0 Å². The minimum Gasteiger partial charge on any atom is -0.384 e. The molecule has 0 bridgehead atoms. The molecule has 176 valence electrons. The standard InChI is InChI=1S/C25H23ClN8S/c26-21-17(5-8-29-22(21)28)35-18-2-4-20-32-23(16-13-30-24(18)34(16)20)33-9-6-25(7-10-33)11-14-1-3-19(27)31-15(14)12-25/h1-5,8,13H,6-7,9-12H2,(H2,27,31)(H2,28,29). The molecule has 0 unspecified atom stereocenters. The first kappa shape index (κ1) is 21.0. The SMILES string of the molecule is Nc1ccc2c(n1)CC1(CCN(c3nc4ccc(Sc5ccnc(N)c5Cl)c5ncc3n45)CC1)C2. The molecule has 0 atom stereocenters. The number of anilines is 3. The van der Waals surface area contributed by atoms with E-state index in [0.29, 0.717) is 16.7 Å². The van der Waals surface area contributed by atoms with E-state index in [-0.39, 0.29) is 5.41 Å². The summed E-state index contributed by atoms with van der Waals surface area (Å²) in [5.74, 6) is 1.96. The normalized spacial score (nSPS) is 17.1. The minimum absolute atomic E-state index is 0.286. The quantitative estimate of drug-likeness (QED) is 0.372. The molecule has 4 N–H and O–H groups in total. The second-order valence-electron chi connectivity index (χ2n) is 9.59. The molecule has 7 rings (SSSR count). The number of fused-ring (bicyclic) bond motifs is 1. The van der Waals surface area contributed by atoms with Crippen molar-refractivity contribution in [2.75, 3.05) is 29.5 Å². The summed E-state index contributed by atoms with van der Waals surface area (Å²) in [5, 5.41) is 0.465. The maximum atomic E-state index is 6.38. The van der Waals surface area contributed by atoms with E-state index in [0.717, 1.165) is 71.2 Å². The molecule has 2 aliphatic rings. The Kier molecular flexibility index (Phi) is 4.56. The predicted molar refractivity (Wildman–Crippen MR) is 139 cm³/mol. The molecular formula is C25H23ClN8S. The van der Waals surface area contributed by atoms with Gasteiger partial charge in [-0.3, -0.25) is 4.40 Å². The van der Waals surface area contributed by atoms with Gasteiger partial charge in [-0.25, -0.2) is 19.9 Å². The molecule has 10 heteroatoms. The number of aromatic nitrogens is 5. The van der Waals surface area contributed by atoms with Crippen molar-refractivity contribution >= 4 is 57.6 Å². The maximum Gasteiger partial charge on any atom is 0.157 e. The van der Waals surface area contributed by atoms with E-state index in [1.54, 1.807) is 6.20 Å². The average Bonchev–Trinajstić information content (AvgIpc) is 3.54. The molecule has 1 aliphatic heterocycles. The summed E-state index contributed by atoms with van der Waals surface area (Å²) >= 11 is 7.92. The number of hydrogen-bond donors (Lipinski definition) is 2. The lowest BCUT2D eigenvalue weighted by molar-refractivity contribution is 0.231. The van der Waals surface area contributed by atoms with Crippen molar-refractivity contribution in [3.05, 3.63) is 59.0 Å². The number of piperidine rings is 1. The Hall–Kier alpha value is -3.30. The lowest BCUT2D eigenvalue weighted by atomic mass is 9.76. The van der Waals surface area contributed by atoms with Gasteiger partial charge in [0.1, 0.15) is 22.8 Å². The van der Waals surface area contributed by atoms with Gasteiger partial charge in [0.15, 0.2) is 11.5 Å². The van der Waals surface area contributed by atoms with Crippen LogP contribution in [0, 0.1) is 5.41 Å². The summed E-state index contributed by atoms with van der Waals surface area (Å²) in [4.78, 5) is 22.7. The third kappa shape index (κ3) is 3.29. The third-order valence-corrected chi connectivity index (χ3v) is 9.07. The van der Waals surface area contributed by atoms with E-state index in [1.165, 1.54) is 23.0 Å². The van der Waals surface area contributed by atoms with Crippen LogP contribution in [0.2, 0.25) is 5.02 Å². The van der Waals surface area contributed by atoms with Crippen LogP contribution in [0.25, 0.3) is 16.8 Å². The molecule has 0 aromatic carbocycles. The number of halogens is 1. The van der Waals surface area contributed by atoms with Gasteiger partial charge in [-0.2, -0.15) is 0 Å². The van der Waals surface area contributed by atoms with Crippen LogP contribution in [0.4, 0.5) is 17.5 Å². The van der Waals surface area contributed by atoms with Crippen molar-refractivity contribution in [1.82, 2.24) is 24.3 Å². The fourth-order valence-corrected chi connectivity index (χ4v) is 6.81. The fourth-order valence-electron chi connectivity index (χ4n) is 5.65. The largest absolute Gasteiger partial charge is 0.384 e. The lowest BCUT2D eigenvalue weighted by Crippen LogP contribution is -2.41. The highest BCUT2D eigenvalue weighted by molar-refractivity contribution is 7.99. The smallest absolute Gasteiger partial charge is 0.157 e. The number of hydrogen-bond acceptors (Lipinski definition) is 8. The van der Waals surface area contributed by atoms with Gasteiger partial charge in [-0.15, -0.1) is 0 Å². The predicted octanol–water partition coefficient (Wildman–Crippen LogP) is 4.46. The van der Waals surface area contributed by atoms with Crippen LogP contribution >= 0.6 is 23.4 Å². The molecule has 1 fully saturated rings. The topological polar surface area (TPSA) is 111 Å². The van der Waals surface area contributed by atoms with Crippen LogP contribution in [0.5, 0.6) is 0 Å². The van der Waals surface area contributed by atoms with Crippen molar-refractivity contribution < 1.29 is 0 Å². The van der Waals surface area contributed by atoms with Gasteiger partial charge in [0.25, 0.3) is 0 Å². The zero-order valence-electron chi connectivity index (χ0n) is 18.9. The number of nitrogens with zero attached hydrogens (tertiary/aromatic N) is 6. The Morgan fingerprint density at radius 1 is 0.943 bits per heavy atom. The van der Waals surface area contributed by atoms with Crippen LogP contribution in [0.3, 0.4) is 0 Å². The van der Waals surface area contributed by atoms with Crippen LogP contribution in [0.15, 0.2) is 52.5 Å². The molecule has 0 radical (unpaired) electrons. The Morgan fingerprint density at radius 2 is 1.80 bits per heavy atom. The first-order chi connectivity index (χ1) is 17.0. The Balaban J connectivity index is 1.16. The van der Waals surface area contributed by atoms with Crippen LogP contribution < -0.4 is 16.4 Å². The van der Waals surface area contributed by atoms with Crippen molar-refractivity contribution in [3.8, 4) is 0 Å². The summed E-state index contributed by atoms with van der Waals surface area (Å²) < 4.78 is 2.14. The van der Waals surface area contributed by atoms with E-state index in [9.17, 15) is 0 Å². The van der Waals surface area contributed by atoms with Crippen LogP contribution in [-0.2, 0) is 12.8 Å². The van der Waals surface area contributed by atoms with E-state index < -0.39 is 0 Å². The number of imidazole rings is 2. The summed E-state index contributed by atoms with van der Waals surface area (Å²) in [6.45, 7) is 1.94. The van der Waals surface area contributed by atoms with Gasteiger partial charge in [-0.05, 0) is 60.9 Å². The van der Waals surface area contributed by atoms with Gasteiger partial charge in [-0.1, -0.05) is 29.4 Å². The maximum absolute atomic E-state index is 6.38. The molecule has 1 aliphatic carbocycles. The fraction of sp³-hybridized carbons (Fsp3) is 0.280. The summed E-state index contributed by atoms with van der Waals surface area (Å²) in [7, 11) is 0. The van der Waals surface area contributed by atoms with E-state index in [2.05, 4.69) is 25.3 Å². The zero-order chi connectivity index (χ0) is 23.7. The Morgan fingerprint density at radius 3 is 2.66 bits per heavy atom. The highest BCUT2D eigenvalue weighted by Crippen LogP contribution is 2.45. The number of pyridine rings is 3. The van der Waals surface area contributed by atoms with Gasteiger partial charge in [0.05, 0.1) is 16.1 Å². The summed E-state index contributed by atoms with van der Waals surface area (Å²) in [6.07, 6.45) is 7.94. The zero-order valence-corrected chi connectivity index (χ0v) is 20.5. The highest BCUT2D eigenvalue weighted by Gasteiger charge is 2.41. The summed E-state index contributed by atoms with van der Waals surface area (Å²) in [5.41, 5.74) is 17.5. The minimum atomic E-state index is 0.286. The summed E-state index contributed by atoms with van der Waals surface area (Å²) in [6, 6.07) is 10.0. The van der Waals surface area contributed by atoms with Gasteiger partial charge in [0, 0.05) is 29.9 Å². The van der Waals surface area contributed by atoms with Gasteiger partial charge >= 0.3 is 0 Å². The molecule has 1 spiro atoms. The first-order valence-electron chi connectivity index (χ1n) is 11.7. The highest BCUT2D eigenvalue weighted by atomic mass is 35.5. The molecule has 5 aromatic heterocycles. The number of nitrogen functional groups attached to an aromatic ring is 2. The molecule has 0 amide bonds. The monoisotopic (exact) mass is 502 g/mol. The number of rotatable bonds is 3. The molecular weight excluding hydrogens is 480 g/mol. The second-order valence-corrected chi connectivity index (χ2v) is 11.0. The molecule has 0 saturated carbocycles. The van der Waals surface area contributed by atoms with Crippen LogP contribution in [0.1, 0.15) is 24.1 Å². The Labute approximate surface area is 211 Å². The van der Waals surface area contributed by atoms with Gasteiger partial charge < -0.3 is 16.4 Å². The average molecular weight is 503 g/mol. The van der Waals surface area contributed by atoms with Crippen molar-refractivity contribution in [1.29, 1.82) is 0 Å². The second kappa shape index (κ2) is 7.60. The van der Waals surface area contributed by atoms with E-state index in [4.69, 9.17) is 33.0 Å². The molecule has 6 heterocycles. The van der Waals surface area contributed by atoms with Crippen LogP contribution in [-0.4, -0.2) is 37.4 Å². The van der Waals surface area contributed by atoms with E-state index >= 15 is 0 Å². The molecule has 5 aromatic rings. The van der Waals surface area contributed by atoms with Crippen molar-refractivity contribution in [3.63, 3.8) is 0 Å². The van der Waals surface area contributed by atoms with Crippen molar-refractivity contribution in [2.45, 2.75) is 35.5 Å². The first-order valence-corrected chi connectivity index (χ1v) is 12.9. The third-order valence-electron chi connectivity index (χ3n) is 7.47. The lowest BCUT2D eigenvalue weighted by Gasteiger charge is -2.39. The van der Waals surface area contributed by atoms with Crippen molar-refractivity contribution in [2.24, 2.45) is 5.41 Å². The molecule has 35 heavy (non-hydrogen) atoms. The number of nitrogens with two attached hydrogens (primary N) is 2. The van der Waals surface area contributed by atoms with E-state index in [1.807, 2.05) is 30.5 Å². The molecule has 1 saturated heterocycles.